The molecule has 2 aliphatic heterocycles. The van der Waals surface area contributed by atoms with E-state index >= 15 is 0 Å². The Kier molecular flexibility index (Phi) is 5.14. The molecule has 24 heavy (non-hydrogen) atoms. The minimum absolute atomic E-state index is 0.0911. The number of fused-ring (bicyclic) bond motifs is 1. The number of carbonyl (C=O) groups is 2. The number of nitrogens with zero attached hydrogens (tertiary/aromatic N) is 2. The zero-order valence-electron chi connectivity index (χ0n) is 14.3. The average Bonchev–Trinajstić information content (AvgIpc) is 3.14. The van der Waals surface area contributed by atoms with Gasteiger partial charge >= 0.3 is 0 Å². The maximum atomic E-state index is 12.2. The van der Waals surface area contributed by atoms with Crippen LogP contribution in [0.2, 0.25) is 0 Å². The molecule has 0 saturated carbocycles. The second-order valence-electron chi connectivity index (χ2n) is 7.14. The summed E-state index contributed by atoms with van der Waals surface area (Å²) in [6.45, 7) is 6.77. The molecule has 1 aromatic rings. The molecular formula is C18H25N3O3. The molecule has 0 aromatic carbocycles. The van der Waals surface area contributed by atoms with Gasteiger partial charge in [-0.2, -0.15) is 0 Å². The SMILES string of the molecule is CC(C)CC(=O)N1C[C@@H]2[C@@H](CNC(=O)c3ccncc3)CO[C@@H]2C1. The van der Waals surface area contributed by atoms with Crippen LogP contribution in [-0.4, -0.2) is 54.0 Å². The second kappa shape index (κ2) is 7.30. The van der Waals surface area contributed by atoms with Crippen LogP contribution in [0.3, 0.4) is 0 Å². The number of nitrogens with one attached hydrogen (secondary N) is 1. The van der Waals surface area contributed by atoms with Gasteiger partial charge in [0.05, 0.1) is 12.7 Å². The Bertz CT molecular complexity index is 590. The minimum Gasteiger partial charge on any atom is -0.376 e. The molecule has 2 aliphatic rings. The first-order chi connectivity index (χ1) is 11.5. The Morgan fingerprint density at radius 3 is 2.79 bits per heavy atom. The van der Waals surface area contributed by atoms with Gasteiger partial charge < -0.3 is 15.0 Å². The van der Waals surface area contributed by atoms with Gasteiger partial charge in [0.15, 0.2) is 0 Å². The number of hydrogen-bond acceptors (Lipinski definition) is 4. The molecule has 0 aliphatic carbocycles. The fourth-order valence-corrected chi connectivity index (χ4v) is 3.52. The molecular weight excluding hydrogens is 306 g/mol. The highest BCUT2D eigenvalue weighted by Crippen LogP contribution is 2.33. The number of likely N-dealkylation sites (tertiary alicyclic amines) is 1. The summed E-state index contributed by atoms with van der Waals surface area (Å²) in [6.07, 6.45) is 3.92. The monoisotopic (exact) mass is 331 g/mol. The van der Waals surface area contributed by atoms with Gasteiger partial charge in [-0.3, -0.25) is 14.6 Å². The number of carbonyl (C=O) groups excluding carboxylic acids is 2. The summed E-state index contributed by atoms with van der Waals surface area (Å²) >= 11 is 0. The Balaban J connectivity index is 1.52. The van der Waals surface area contributed by atoms with Crippen LogP contribution in [0.15, 0.2) is 24.5 Å². The van der Waals surface area contributed by atoms with Crippen molar-refractivity contribution >= 4 is 11.8 Å². The van der Waals surface area contributed by atoms with Crippen LogP contribution < -0.4 is 5.32 Å². The highest BCUT2D eigenvalue weighted by molar-refractivity contribution is 5.93. The maximum absolute atomic E-state index is 12.2. The van der Waals surface area contributed by atoms with Crippen molar-refractivity contribution in [2.45, 2.75) is 26.4 Å². The van der Waals surface area contributed by atoms with E-state index in [4.69, 9.17) is 4.74 Å². The van der Waals surface area contributed by atoms with Gasteiger partial charge in [0.1, 0.15) is 0 Å². The van der Waals surface area contributed by atoms with Crippen LogP contribution in [0.25, 0.3) is 0 Å². The summed E-state index contributed by atoms with van der Waals surface area (Å²) in [4.78, 5) is 30.2. The van der Waals surface area contributed by atoms with E-state index < -0.39 is 0 Å². The Hall–Kier alpha value is -1.95. The number of pyridine rings is 1. The van der Waals surface area contributed by atoms with E-state index in [1.165, 1.54) is 0 Å². The molecule has 6 nitrogen and oxygen atoms in total. The smallest absolute Gasteiger partial charge is 0.251 e. The van der Waals surface area contributed by atoms with Crippen LogP contribution >= 0.6 is 0 Å². The molecule has 6 heteroatoms. The van der Waals surface area contributed by atoms with E-state index in [1.807, 2.05) is 4.90 Å². The van der Waals surface area contributed by atoms with Crippen LogP contribution in [0.4, 0.5) is 0 Å². The largest absolute Gasteiger partial charge is 0.376 e. The molecule has 3 rings (SSSR count). The molecule has 1 aromatic heterocycles. The topological polar surface area (TPSA) is 71.5 Å². The summed E-state index contributed by atoms with van der Waals surface area (Å²) < 4.78 is 5.86. The Morgan fingerprint density at radius 2 is 2.08 bits per heavy atom. The number of hydrogen-bond donors (Lipinski definition) is 1. The average molecular weight is 331 g/mol. The molecule has 2 amide bonds. The van der Waals surface area contributed by atoms with E-state index in [9.17, 15) is 9.59 Å². The molecule has 0 spiro atoms. The van der Waals surface area contributed by atoms with Gasteiger partial charge in [0, 0.05) is 55.8 Å². The van der Waals surface area contributed by atoms with Crippen LogP contribution in [0, 0.1) is 17.8 Å². The molecule has 1 N–H and O–H groups in total. The van der Waals surface area contributed by atoms with Crippen molar-refractivity contribution in [1.29, 1.82) is 0 Å². The van der Waals surface area contributed by atoms with Crippen molar-refractivity contribution in [2.24, 2.45) is 17.8 Å². The molecule has 130 valence electrons. The molecule has 3 heterocycles. The van der Waals surface area contributed by atoms with E-state index in [2.05, 4.69) is 24.1 Å². The van der Waals surface area contributed by atoms with Crippen molar-refractivity contribution in [3.63, 3.8) is 0 Å². The standard InChI is InChI=1S/C18H25N3O3/c1-12(2)7-17(22)21-9-15-14(11-24-16(15)10-21)8-20-18(23)13-3-5-19-6-4-13/h3-6,12,14-16H,7-11H2,1-2H3,(H,20,23)/t14-,15+,16+/m0/s1. The van der Waals surface area contributed by atoms with Crippen molar-refractivity contribution in [3.8, 4) is 0 Å². The first-order valence-electron chi connectivity index (χ1n) is 8.62. The maximum Gasteiger partial charge on any atom is 0.251 e. The lowest BCUT2D eigenvalue weighted by Gasteiger charge is -2.21. The number of aromatic nitrogens is 1. The molecule has 2 saturated heterocycles. The van der Waals surface area contributed by atoms with E-state index in [1.54, 1.807) is 24.5 Å². The van der Waals surface area contributed by atoms with Crippen molar-refractivity contribution in [1.82, 2.24) is 15.2 Å². The zero-order chi connectivity index (χ0) is 17.1. The fourth-order valence-electron chi connectivity index (χ4n) is 3.52. The number of amides is 2. The van der Waals surface area contributed by atoms with Crippen molar-refractivity contribution in [3.05, 3.63) is 30.1 Å². The predicted molar refractivity (Wildman–Crippen MR) is 89.3 cm³/mol. The zero-order valence-corrected chi connectivity index (χ0v) is 14.3. The third-order valence-corrected chi connectivity index (χ3v) is 4.84. The van der Waals surface area contributed by atoms with Gasteiger partial charge in [0.25, 0.3) is 5.91 Å². The van der Waals surface area contributed by atoms with Crippen LogP contribution in [0.5, 0.6) is 0 Å². The Morgan fingerprint density at radius 1 is 1.33 bits per heavy atom. The van der Waals surface area contributed by atoms with Crippen molar-refractivity contribution < 1.29 is 14.3 Å². The summed E-state index contributed by atoms with van der Waals surface area (Å²) in [5.41, 5.74) is 0.612. The molecule has 2 fully saturated rings. The predicted octanol–water partition coefficient (Wildman–Crippen LogP) is 1.33. The van der Waals surface area contributed by atoms with E-state index in [-0.39, 0.29) is 23.8 Å². The first kappa shape index (κ1) is 16.9. The molecule has 0 bridgehead atoms. The van der Waals surface area contributed by atoms with Crippen LogP contribution in [0.1, 0.15) is 30.6 Å². The third kappa shape index (κ3) is 3.75. The van der Waals surface area contributed by atoms with Crippen molar-refractivity contribution in [2.75, 3.05) is 26.2 Å². The quantitative estimate of drug-likeness (QED) is 0.883. The van der Waals surface area contributed by atoms with E-state index in [0.29, 0.717) is 43.5 Å². The summed E-state index contributed by atoms with van der Waals surface area (Å²) in [5, 5.41) is 2.98. The normalized spacial score (nSPS) is 25.8. The third-order valence-electron chi connectivity index (χ3n) is 4.84. The van der Waals surface area contributed by atoms with Gasteiger partial charge in [-0.1, -0.05) is 13.8 Å². The first-order valence-corrected chi connectivity index (χ1v) is 8.62. The van der Waals surface area contributed by atoms with Gasteiger partial charge in [-0.15, -0.1) is 0 Å². The second-order valence-corrected chi connectivity index (χ2v) is 7.14. The van der Waals surface area contributed by atoms with Gasteiger partial charge in [0.2, 0.25) is 5.91 Å². The number of rotatable bonds is 5. The summed E-state index contributed by atoms with van der Waals surface area (Å²) in [7, 11) is 0. The molecule has 3 atom stereocenters. The highest BCUT2D eigenvalue weighted by Gasteiger charge is 2.45. The lowest BCUT2D eigenvalue weighted by Crippen LogP contribution is -2.35. The lowest BCUT2D eigenvalue weighted by atomic mass is 9.93. The van der Waals surface area contributed by atoms with Gasteiger partial charge in [-0.25, -0.2) is 0 Å². The molecule has 0 radical (unpaired) electrons. The summed E-state index contributed by atoms with van der Waals surface area (Å²) in [5.74, 6) is 1.07. The van der Waals surface area contributed by atoms with Crippen LogP contribution in [-0.2, 0) is 9.53 Å². The van der Waals surface area contributed by atoms with E-state index in [0.717, 1.165) is 6.54 Å². The molecule has 0 unspecified atom stereocenters. The fraction of sp³-hybridized carbons (Fsp3) is 0.611. The van der Waals surface area contributed by atoms with Gasteiger partial charge in [-0.05, 0) is 18.1 Å². The lowest BCUT2D eigenvalue weighted by molar-refractivity contribution is -0.131. The summed E-state index contributed by atoms with van der Waals surface area (Å²) in [6, 6.07) is 3.40. The Labute approximate surface area is 142 Å². The number of ether oxygens (including phenoxy) is 1. The highest BCUT2D eigenvalue weighted by atomic mass is 16.5. The minimum atomic E-state index is -0.0911.